The van der Waals surface area contributed by atoms with Gasteiger partial charge in [0.2, 0.25) is 0 Å². The summed E-state index contributed by atoms with van der Waals surface area (Å²) in [6, 6.07) is 7.59. The van der Waals surface area contributed by atoms with E-state index in [-0.39, 0.29) is 29.8 Å². The van der Waals surface area contributed by atoms with E-state index >= 15 is 0 Å². The molecular weight excluding hydrogens is 420 g/mol. The quantitative estimate of drug-likeness (QED) is 0.691. The van der Waals surface area contributed by atoms with Crippen LogP contribution >= 0.6 is 15.9 Å². The molecule has 4 rings (SSSR count). The molecule has 1 aliphatic carbocycles. The van der Waals surface area contributed by atoms with E-state index in [1.54, 1.807) is 0 Å². The van der Waals surface area contributed by atoms with Gasteiger partial charge in [-0.3, -0.25) is 9.59 Å². The highest BCUT2D eigenvalue weighted by Gasteiger charge is 2.51. The van der Waals surface area contributed by atoms with Crippen LogP contribution in [0.15, 0.2) is 40.1 Å². The molecule has 0 radical (unpaired) electrons. The molecule has 3 unspecified atom stereocenters. The molecule has 0 bridgehead atoms. The van der Waals surface area contributed by atoms with Gasteiger partial charge in [0, 0.05) is 11.0 Å². The highest BCUT2D eigenvalue weighted by molar-refractivity contribution is 9.10. The van der Waals surface area contributed by atoms with Gasteiger partial charge in [-0.05, 0) is 64.0 Å². The minimum atomic E-state index is -0.340. The number of carbonyl (C=O) groups is 2. The zero-order valence-corrected chi connectivity index (χ0v) is 18.1. The first-order valence-corrected chi connectivity index (χ1v) is 10.9. The number of ketones is 1. The minimum absolute atomic E-state index is 0.0972. The van der Waals surface area contributed by atoms with Gasteiger partial charge in [-0.25, -0.2) is 0 Å². The van der Waals surface area contributed by atoms with Crippen LogP contribution in [0.3, 0.4) is 0 Å². The van der Waals surface area contributed by atoms with Gasteiger partial charge >= 0.3 is 0 Å². The molecule has 1 aromatic carbocycles. The number of hydrogen-bond donors (Lipinski definition) is 0. The van der Waals surface area contributed by atoms with Crippen LogP contribution in [0.2, 0.25) is 0 Å². The molecule has 3 atom stereocenters. The van der Waals surface area contributed by atoms with Gasteiger partial charge in [0.25, 0.3) is 5.91 Å². The normalized spacial score (nSPS) is 27.1. The third-order valence-electron chi connectivity index (χ3n) is 6.05. The molecule has 1 amide bonds. The zero-order valence-electron chi connectivity index (χ0n) is 16.5. The molecule has 6 heteroatoms. The predicted molar refractivity (Wildman–Crippen MR) is 111 cm³/mol. The molecule has 0 aromatic heterocycles. The topological polar surface area (TPSA) is 49.9 Å². The van der Waals surface area contributed by atoms with Crippen molar-refractivity contribution in [3.05, 3.63) is 45.6 Å². The molecule has 1 fully saturated rings. The Hall–Kier alpha value is -1.66. The molecule has 3 aliphatic rings. The largest absolute Gasteiger partial charge is 0.483 e. The van der Waals surface area contributed by atoms with Crippen molar-refractivity contribution in [2.75, 3.05) is 27.2 Å². The second kappa shape index (κ2) is 7.99. The van der Waals surface area contributed by atoms with Crippen LogP contribution in [-0.4, -0.2) is 54.8 Å². The first-order chi connectivity index (χ1) is 13.5. The van der Waals surface area contributed by atoms with Crippen LogP contribution in [0.5, 0.6) is 0 Å². The summed E-state index contributed by atoms with van der Waals surface area (Å²) in [6.07, 6.45) is 4.58. The second-order valence-corrected chi connectivity index (χ2v) is 9.18. The number of carbonyl (C=O) groups excluding carboxylic acids is 2. The third kappa shape index (κ3) is 3.52. The van der Waals surface area contributed by atoms with E-state index in [0.29, 0.717) is 17.9 Å². The first kappa shape index (κ1) is 19.6. The van der Waals surface area contributed by atoms with Crippen LogP contribution in [0, 0.1) is 5.92 Å². The smallest absolute Gasteiger partial charge is 0.290 e. The Kier molecular flexibility index (Phi) is 5.61. The van der Waals surface area contributed by atoms with E-state index in [1.165, 1.54) is 0 Å². The molecular formula is C22H27BrN2O3. The Labute approximate surface area is 174 Å². The Morgan fingerprint density at radius 1 is 1.14 bits per heavy atom. The zero-order chi connectivity index (χ0) is 19.8. The highest BCUT2D eigenvalue weighted by Crippen LogP contribution is 2.46. The average molecular weight is 447 g/mol. The monoisotopic (exact) mass is 446 g/mol. The Balaban J connectivity index is 1.70. The molecule has 1 aromatic rings. The lowest BCUT2D eigenvalue weighted by atomic mass is 9.77. The van der Waals surface area contributed by atoms with Crippen LogP contribution in [0.1, 0.15) is 43.7 Å². The van der Waals surface area contributed by atoms with Gasteiger partial charge in [0.15, 0.2) is 11.5 Å². The summed E-state index contributed by atoms with van der Waals surface area (Å²) in [5.41, 5.74) is 1.55. The number of rotatable bonds is 5. The number of hydrogen-bond acceptors (Lipinski definition) is 4. The number of halogens is 1. The van der Waals surface area contributed by atoms with Gasteiger partial charge in [0.1, 0.15) is 6.10 Å². The fourth-order valence-corrected chi connectivity index (χ4v) is 4.94. The standard InChI is InChI=1S/C22H27BrN2O3/c1-24(2)12-5-13-25-19(14-8-10-15(23)11-9-14)18-20(26)16-6-3-4-7-17(16)28-21(18)22(25)27/h8-11,16-17,19H,3-7,12-13H2,1-2H3. The predicted octanol–water partition coefficient (Wildman–Crippen LogP) is 3.70. The lowest BCUT2D eigenvalue weighted by Crippen LogP contribution is -2.39. The Bertz CT molecular complexity index is 803. The number of benzene rings is 1. The summed E-state index contributed by atoms with van der Waals surface area (Å²) in [5, 5.41) is 0. The van der Waals surface area contributed by atoms with Crippen LogP contribution < -0.4 is 0 Å². The van der Waals surface area contributed by atoms with Gasteiger partial charge < -0.3 is 14.5 Å². The number of amides is 1. The summed E-state index contributed by atoms with van der Waals surface area (Å²) in [7, 11) is 4.05. The van der Waals surface area contributed by atoms with Crippen molar-refractivity contribution in [1.29, 1.82) is 0 Å². The summed E-state index contributed by atoms with van der Waals surface area (Å²) < 4.78 is 7.16. The van der Waals surface area contributed by atoms with Gasteiger partial charge in [-0.15, -0.1) is 0 Å². The maximum absolute atomic E-state index is 13.4. The Morgan fingerprint density at radius 2 is 1.86 bits per heavy atom. The molecule has 28 heavy (non-hydrogen) atoms. The lowest BCUT2D eigenvalue weighted by molar-refractivity contribution is -0.135. The molecule has 5 nitrogen and oxygen atoms in total. The van der Waals surface area contributed by atoms with E-state index in [4.69, 9.17) is 4.74 Å². The minimum Gasteiger partial charge on any atom is -0.483 e. The molecule has 150 valence electrons. The third-order valence-corrected chi connectivity index (χ3v) is 6.58. The van der Waals surface area contributed by atoms with Gasteiger partial charge in [-0.2, -0.15) is 0 Å². The second-order valence-electron chi connectivity index (χ2n) is 8.26. The van der Waals surface area contributed by atoms with E-state index in [2.05, 4.69) is 20.8 Å². The molecule has 0 N–H and O–H groups in total. The number of fused-ring (bicyclic) bond motifs is 1. The maximum atomic E-state index is 13.4. The van der Waals surface area contributed by atoms with Crippen LogP contribution in [0.4, 0.5) is 0 Å². The maximum Gasteiger partial charge on any atom is 0.290 e. The molecule has 0 saturated heterocycles. The fraction of sp³-hybridized carbons (Fsp3) is 0.545. The molecule has 2 aliphatic heterocycles. The van der Waals surface area contributed by atoms with Crippen molar-refractivity contribution < 1.29 is 14.3 Å². The number of nitrogens with zero attached hydrogens (tertiary/aromatic N) is 2. The number of ether oxygens (including phenoxy) is 1. The van der Waals surface area contributed by atoms with Crippen LogP contribution in [-0.2, 0) is 14.3 Å². The van der Waals surface area contributed by atoms with Crippen LogP contribution in [0.25, 0.3) is 0 Å². The van der Waals surface area contributed by atoms with E-state index in [1.807, 2.05) is 43.3 Å². The van der Waals surface area contributed by atoms with Crippen molar-refractivity contribution in [2.45, 2.75) is 44.2 Å². The van der Waals surface area contributed by atoms with Crippen molar-refractivity contribution in [3.63, 3.8) is 0 Å². The highest BCUT2D eigenvalue weighted by atomic mass is 79.9. The van der Waals surface area contributed by atoms with Crippen molar-refractivity contribution in [3.8, 4) is 0 Å². The van der Waals surface area contributed by atoms with Crippen molar-refractivity contribution in [1.82, 2.24) is 9.80 Å². The summed E-state index contributed by atoms with van der Waals surface area (Å²) >= 11 is 3.48. The van der Waals surface area contributed by atoms with E-state index in [9.17, 15) is 9.59 Å². The summed E-state index contributed by atoms with van der Waals surface area (Å²) in [4.78, 5) is 30.6. The van der Waals surface area contributed by atoms with E-state index in [0.717, 1.165) is 48.7 Å². The number of Topliss-reactive ketones (excluding diaryl/α,β-unsaturated/α-hetero) is 1. The molecule has 1 saturated carbocycles. The van der Waals surface area contributed by atoms with Gasteiger partial charge in [0.05, 0.1) is 17.5 Å². The lowest BCUT2D eigenvalue weighted by Gasteiger charge is -2.35. The fourth-order valence-electron chi connectivity index (χ4n) is 4.67. The van der Waals surface area contributed by atoms with E-state index < -0.39 is 0 Å². The molecule has 0 spiro atoms. The summed E-state index contributed by atoms with van der Waals surface area (Å²) in [5.74, 6) is 0.215. The van der Waals surface area contributed by atoms with Gasteiger partial charge in [-0.1, -0.05) is 34.5 Å². The first-order valence-electron chi connectivity index (χ1n) is 10.1. The molecule has 2 heterocycles. The van der Waals surface area contributed by atoms with Crippen molar-refractivity contribution >= 4 is 27.6 Å². The Morgan fingerprint density at radius 3 is 2.57 bits per heavy atom. The van der Waals surface area contributed by atoms with Crippen molar-refractivity contribution in [2.24, 2.45) is 5.92 Å². The SMILES string of the molecule is CN(C)CCCN1C(=O)C2=C(C(=O)C3CCCCC3O2)C1c1ccc(Br)cc1. The average Bonchev–Trinajstić information content (AvgIpc) is 2.95. The summed E-state index contributed by atoms with van der Waals surface area (Å²) in [6.45, 7) is 1.50.